The average molecular weight is 279 g/mol. The molecule has 106 valence electrons. The lowest BCUT2D eigenvalue weighted by atomic mass is 9.92. The van der Waals surface area contributed by atoms with E-state index >= 15 is 0 Å². The molecule has 4 heteroatoms. The van der Waals surface area contributed by atoms with Gasteiger partial charge in [0, 0.05) is 24.4 Å². The Morgan fingerprint density at radius 1 is 1.42 bits per heavy atom. The average Bonchev–Trinajstić information content (AvgIpc) is 2.48. The Kier molecular flexibility index (Phi) is 6.14. The van der Waals surface area contributed by atoms with Gasteiger partial charge in [-0.15, -0.1) is 0 Å². The van der Waals surface area contributed by atoms with Gasteiger partial charge in [0.1, 0.15) is 0 Å². The Balaban J connectivity index is 1.86. The second-order valence-corrected chi connectivity index (χ2v) is 6.60. The minimum absolute atomic E-state index is 0.355. The number of aromatic nitrogens is 1. The van der Waals surface area contributed by atoms with Crippen molar-refractivity contribution in [1.82, 2.24) is 10.4 Å². The first-order valence-electron chi connectivity index (χ1n) is 7.29. The molecule has 0 spiro atoms. The summed E-state index contributed by atoms with van der Waals surface area (Å²) in [6.45, 7) is 2.15. The molecule has 2 heterocycles. The van der Waals surface area contributed by atoms with Crippen molar-refractivity contribution in [2.75, 3.05) is 11.5 Å². The minimum Gasteiger partial charge on any atom is -0.271 e. The Morgan fingerprint density at radius 3 is 2.79 bits per heavy atom. The van der Waals surface area contributed by atoms with E-state index in [1.807, 2.05) is 6.20 Å². The van der Waals surface area contributed by atoms with Crippen molar-refractivity contribution in [1.29, 1.82) is 0 Å². The highest BCUT2D eigenvalue weighted by Gasteiger charge is 2.19. The smallest absolute Gasteiger partial charge is 0.0419 e. The van der Waals surface area contributed by atoms with Crippen LogP contribution in [0.15, 0.2) is 18.3 Å². The van der Waals surface area contributed by atoms with E-state index < -0.39 is 0 Å². The van der Waals surface area contributed by atoms with Crippen LogP contribution in [-0.4, -0.2) is 22.5 Å². The normalized spacial score (nSPS) is 18.4. The van der Waals surface area contributed by atoms with Gasteiger partial charge < -0.3 is 0 Å². The minimum atomic E-state index is 0.355. The van der Waals surface area contributed by atoms with Crippen LogP contribution in [0.2, 0.25) is 0 Å². The van der Waals surface area contributed by atoms with Crippen molar-refractivity contribution >= 4 is 11.8 Å². The summed E-state index contributed by atoms with van der Waals surface area (Å²) in [7, 11) is 0. The number of nitrogens with zero attached hydrogens (tertiary/aromatic N) is 1. The van der Waals surface area contributed by atoms with E-state index in [4.69, 9.17) is 5.84 Å². The van der Waals surface area contributed by atoms with Gasteiger partial charge in [-0.25, -0.2) is 0 Å². The predicted octanol–water partition coefficient (Wildman–Crippen LogP) is 2.55. The van der Waals surface area contributed by atoms with E-state index in [9.17, 15) is 0 Å². The highest BCUT2D eigenvalue weighted by atomic mass is 32.2. The summed E-state index contributed by atoms with van der Waals surface area (Å²) in [5.41, 5.74) is 5.42. The number of rotatable bonds is 6. The molecule has 19 heavy (non-hydrogen) atoms. The number of aryl methyl sites for hydroxylation is 1. The van der Waals surface area contributed by atoms with Gasteiger partial charge in [-0.3, -0.25) is 16.3 Å². The van der Waals surface area contributed by atoms with Crippen molar-refractivity contribution in [3.05, 3.63) is 29.6 Å². The van der Waals surface area contributed by atoms with Gasteiger partial charge in [0.15, 0.2) is 0 Å². The summed E-state index contributed by atoms with van der Waals surface area (Å²) < 4.78 is 0. The van der Waals surface area contributed by atoms with Gasteiger partial charge in [-0.1, -0.05) is 13.0 Å². The van der Waals surface area contributed by atoms with Crippen molar-refractivity contribution in [3.8, 4) is 0 Å². The number of thioether (sulfide) groups is 1. The summed E-state index contributed by atoms with van der Waals surface area (Å²) in [6, 6.07) is 4.67. The highest BCUT2D eigenvalue weighted by molar-refractivity contribution is 7.99. The molecule has 3 nitrogen and oxygen atoms in total. The summed E-state index contributed by atoms with van der Waals surface area (Å²) >= 11 is 2.08. The maximum atomic E-state index is 5.71. The highest BCUT2D eigenvalue weighted by Crippen LogP contribution is 2.26. The molecule has 1 atom stereocenters. The third-order valence-electron chi connectivity index (χ3n) is 3.94. The SMILES string of the molecule is CCc1ccc(CC(CC2CCSCC2)NN)nc1. The van der Waals surface area contributed by atoms with Gasteiger partial charge in [-0.05, 0) is 54.7 Å². The summed E-state index contributed by atoms with van der Waals surface area (Å²) in [5.74, 6) is 9.16. The van der Waals surface area contributed by atoms with Crippen LogP contribution in [0.3, 0.4) is 0 Å². The Morgan fingerprint density at radius 2 is 2.21 bits per heavy atom. The Hall–Kier alpha value is -0.580. The number of nitrogens with one attached hydrogen (secondary N) is 1. The number of pyridine rings is 1. The zero-order valence-corrected chi connectivity index (χ0v) is 12.6. The van der Waals surface area contributed by atoms with Gasteiger partial charge in [-0.2, -0.15) is 11.8 Å². The second-order valence-electron chi connectivity index (χ2n) is 5.37. The molecule has 1 unspecified atom stereocenters. The predicted molar refractivity (Wildman–Crippen MR) is 83.1 cm³/mol. The molecule has 3 N–H and O–H groups in total. The van der Waals surface area contributed by atoms with E-state index in [1.54, 1.807) is 0 Å². The van der Waals surface area contributed by atoms with Gasteiger partial charge in [0.25, 0.3) is 0 Å². The molecule has 0 amide bonds. The Labute approximate surface area is 120 Å². The molecule has 0 saturated carbocycles. The van der Waals surface area contributed by atoms with Gasteiger partial charge in [0.2, 0.25) is 0 Å². The summed E-state index contributed by atoms with van der Waals surface area (Å²) in [5, 5.41) is 0. The van der Waals surface area contributed by atoms with Crippen molar-refractivity contribution in [2.24, 2.45) is 11.8 Å². The van der Waals surface area contributed by atoms with Crippen molar-refractivity contribution < 1.29 is 0 Å². The van der Waals surface area contributed by atoms with Crippen LogP contribution in [0.4, 0.5) is 0 Å². The van der Waals surface area contributed by atoms with Crippen LogP contribution >= 0.6 is 11.8 Å². The van der Waals surface area contributed by atoms with Gasteiger partial charge in [0.05, 0.1) is 0 Å². The largest absolute Gasteiger partial charge is 0.271 e. The molecule has 0 aliphatic carbocycles. The molecule has 0 aromatic carbocycles. The molecule has 1 aliphatic heterocycles. The van der Waals surface area contributed by atoms with Crippen molar-refractivity contribution in [2.45, 2.75) is 45.1 Å². The molecule has 0 bridgehead atoms. The maximum Gasteiger partial charge on any atom is 0.0419 e. The van der Waals surface area contributed by atoms with E-state index in [0.29, 0.717) is 6.04 Å². The third-order valence-corrected chi connectivity index (χ3v) is 4.99. The lowest BCUT2D eigenvalue weighted by Crippen LogP contribution is -2.39. The number of hydrogen-bond acceptors (Lipinski definition) is 4. The number of hydrogen-bond donors (Lipinski definition) is 2. The first kappa shape index (κ1) is 14.8. The Bertz CT molecular complexity index is 360. The fraction of sp³-hybridized carbons (Fsp3) is 0.667. The molecular formula is C15H25N3S. The van der Waals surface area contributed by atoms with Crippen LogP contribution in [-0.2, 0) is 12.8 Å². The number of nitrogens with two attached hydrogens (primary N) is 1. The van der Waals surface area contributed by atoms with Crippen LogP contribution in [0.1, 0.15) is 37.4 Å². The standard InChI is InChI=1S/C15H25N3S/c1-2-12-3-4-14(17-11-12)10-15(18-16)9-13-5-7-19-8-6-13/h3-4,11,13,15,18H,2,5-10,16H2,1H3. The van der Waals surface area contributed by atoms with Crippen LogP contribution in [0, 0.1) is 5.92 Å². The first-order chi connectivity index (χ1) is 9.31. The zero-order valence-electron chi connectivity index (χ0n) is 11.8. The van der Waals surface area contributed by atoms with E-state index in [2.05, 4.69) is 41.2 Å². The quantitative estimate of drug-likeness (QED) is 0.621. The lowest BCUT2D eigenvalue weighted by Gasteiger charge is -2.25. The molecule has 1 fully saturated rings. The first-order valence-corrected chi connectivity index (χ1v) is 8.45. The van der Waals surface area contributed by atoms with Crippen LogP contribution in [0.25, 0.3) is 0 Å². The summed E-state index contributed by atoms with van der Waals surface area (Å²) in [4.78, 5) is 4.53. The molecule has 1 saturated heterocycles. The monoisotopic (exact) mass is 279 g/mol. The van der Waals surface area contributed by atoms with Gasteiger partial charge >= 0.3 is 0 Å². The topological polar surface area (TPSA) is 50.9 Å². The second kappa shape index (κ2) is 7.88. The maximum absolute atomic E-state index is 5.71. The van der Waals surface area contributed by atoms with Crippen LogP contribution < -0.4 is 11.3 Å². The van der Waals surface area contributed by atoms with Crippen molar-refractivity contribution in [3.63, 3.8) is 0 Å². The molecule has 1 aliphatic rings. The third kappa shape index (κ3) is 4.79. The van der Waals surface area contributed by atoms with Crippen LogP contribution in [0.5, 0.6) is 0 Å². The molecule has 0 radical (unpaired) electrons. The summed E-state index contributed by atoms with van der Waals surface area (Å²) in [6.07, 6.45) is 7.82. The molecule has 1 aromatic heterocycles. The van der Waals surface area contributed by atoms with E-state index in [-0.39, 0.29) is 0 Å². The van der Waals surface area contributed by atoms with E-state index in [1.165, 1.54) is 36.3 Å². The van der Waals surface area contributed by atoms with E-state index in [0.717, 1.165) is 24.5 Å². The molecular weight excluding hydrogens is 254 g/mol. The fourth-order valence-corrected chi connectivity index (χ4v) is 3.84. The zero-order chi connectivity index (χ0) is 13.5. The molecule has 1 aromatic rings. The number of hydrazine groups is 1. The molecule has 2 rings (SSSR count). The fourth-order valence-electron chi connectivity index (χ4n) is 2.63. The lowest BCUT2D eigenvalue weighted by molar-refractivity contribution is 0.364.